The first kappa shape index (κ1) is 41.0. The maximum atomic E-state index is 14.2. The first-order valence-electron chi connectivity index (χ1n) is 21.0. The maximum Gasteiger partial charge on any atom is 0.284 e. The van der Waals surface area contributed by atoms with Crippen LogP contribution in [-0.4, -0.2) is 93.4 Å². The van der Waals surface area contributed by atoms with Crippen molar-refractivity contribution in [1.29, 1.82) is 0 Å². The molecule has 0 radical (unpaired) electrons. The van der Waals surface area contributed by atoms with Gasteiger partial charge < -0.3 is 24.6 Å². The first-order chi connectivity index (χ1) is 29.2. The Morgan fingerprint density at radius 3 is 2.58 bits per heavy atom. The summed E-state index contributed by atoms with van der Waals surface area (Å²) in [6.07, 6.45) is 11.1. The molecule has 3 aromatic heterocycles. The van der Waals surface area contributed by atoms with Crippen molar-refractivity contribution in [3.05, 3.63) is 95.1 Å². The van der Waals surface area contributed by atoms with Crippen molar-refractivity contribution in [2.45, 2.75) is 76.7 Å². The van der Waals surface area contributed by atoms with Crippen molar-refractivity contribution >= 4 is 34.9 Å². The Morgan fingerprint density at radius 2 is 1.80 bits per heavy atom. The lowest BCUT2D eigenvalue weighted by Gasteiger charge is -2.31. The van der Waals surface area contributed by atoms with Gasteiger partial charge in [-0.25, -0.2) is 18.3 Å². The summed E-state index contributed by atoms with van der Waals surface area (Å²) in [7, 11) is 2.17. The summed E-state index contributed by atoms with van der Waals surface area (Å²) in [6.45, 7) is 4.57. The van der Waals surface area contributed by atoms with Crippen LogP contribution in [0.2, 0.25) is 0 Å². The molecule has 0 spiro atoms. The van der Waals surface area contributed by atoms with E-state index in [2.05, 4.69) is 54.8 Å². The summed E-state index contributed by atoms with van der Waals surface area (Å²) in [5.74, 6) is 1.01. The average Bonchev–Trinajstić information content (AvgIpc) is 3.88. The minimum Gasteiger partial charge on any atom is -0.457 e. The number of nitrogens with one attached hydrogen (secondary N) is 2. The van der Waals surface area contributed by atoms with Gasteiger partial charge >= 0.3 is 0 Å². The quantitative estimate of drug-likeness (QED) is 0.0786. The summed E-state index contributed by atoms with van der Waals surface area (Å²) in [5, 5.41) is 13.6. The van der Waals surface area contributed by atoms with Crippen molar-refractivity contribution < 1.29 is 32.6 Å². The summed E-state index contributed by atoms with van der Waals surface area (Å²) in [6, 6.07) is 15.1. The van der Waals surface area contributed by atoms with E-state index in [-0.39, 0.29) is 29.6 Å². The zero-order valence-electron chi connectivity index (χ0n) is 33.8. The van der Waals surface area contributed by atoms with Crippen molar-refractivity contribution in [1.82, 2.24) is 34.6 Å². The lowest BCUT2D eigenvalue weighted by molar-refractivity contribution is -0.119. The highest BCUT2D eigenvalue weighted by molar-refractivity contribution is 6.11. The molecule has 2 aliphatic heterocycles. The highest BCUT2D eigenvalue weighted by Gasteiger charge is 2.29. The molecule has 0 atom stereocenters. The second-order valence-electron chi connectivity index (χ2n) is 16.1. The topological polar surface area (TPSA) is 148 Å². The third-order valence-corrected chi connectivity index (χ3v) is 11.8. The average molecular weight is 824 g/mol. The van der Waals surface area contributed by atoms with Crippen LogP contribution in [0.15, 0.2) is 67.1 Å². The van der Waals surface area contributed by atoms with Gasteiger partial charge in [0.2, 0.25) is 5.91 Å². The van der Waals surface area contributed by atoms with Crippen LogP contribution < -0.4 is 20.3 Å². The molecule has 14 nitrogen and oxygen atoms in total. The number of carbonyl (C=O) groups is 3. The number of fused-ring (bicyclic) bond motifs is 2. The Balaban J connectivity index is 0.748. The summed E-state index contributed by atoms with van der Waals surface area (Å²) in [4.78, 5) is 46.7. The van der Waals surface area contributed by atoms with E-state index in [4.69, 9.17) is 9.47 Å². The van der Waals surface area contributed by atoms with Crippen molar-refractivity contribution in [3.63, 3.8) is 0 Å². The van der Waals surface area contributed by atoms with Crippen LogP contribution in [0, 0.1) is 5.92 Å². The second kappa shape index (κ2) is 18.7. The van der Waals surface area contributed by atoms with Crippen molar-refractivity contribution in [2.24, 2.45) is 5.92 Å². The predicted octanol–water partition coefficient (Wildman–Crippen LogP) is 7.02. The molecule has 5 heterocycles. The minimum atomic E-state index is -2.84. The predicted molar refractivity (Wildman–Crippen MR) is 221 cm³/mol. The van der Waals surface area contributed by atoms with Crippen LogP contribution in [0.1, 0.15) is 101 Å². The molecule has 1 saturated heterocycles. The molecule has 8 rings (SSSR count). The number of ether oxygens (including phenoxy) is 2. The van der Waals surface area contributed by atoms with E-state index < -0.39 is 23.9 Å². The van der Waals surface area contributed by atoms with Gasteiger partial charge in [-0.05, 0) is 99.8 Å². The molecule has 2 aromatic carbocycles. The number of nitrogens with zero attached hydrogens (tertiary/aromatic N) is 7. The molecule has 60 heavy (non-hydrogen) atoms. The number of carbonyl (C=O) groups excluding carboxylic acids is 3. The SMILES string of the molecule is CN(CCCCCCc1ccc(Oc2cccc3c2C(=O)NC(=O)C3)cc1)C[C@H]1CC[C@H](n2cc(NC(=O)c3cnn4ccc(N5CCOCC5)nc34)c(C(F)F)n2)CC1. The minimum absolute atomic E-state index is 0.00327. The second-order valence-corrected chi connectivity index (χ2v) is 16.1. The van der Waals surface area contributed by atoms with Crippen LogP contribution >= 0.6 is 0 Å². The molecule has 0 bridgehead atoms. The highest BCUT2D eigenvalue weighted by atomic mass is 19.3. The molecular formula is C44H51F2N9O5. The Labute approximate surface area is 347 Å². The third kappa shape index (κ3) is 9.65. The fourth-order valence-corrected chi connectivity index (χ4v) is 8.54. The Kier molecular flexibility index (Phi) is 12.8. The molecule has 3 aliphatic rings. The molecule has 5 aromatic rings. The molecule has 0 unspecified atom stereocenters. The summed E-state index contributed by atoms with van der Waals surface area (Å²) >= 11 is 0. The van der Waals surface area contributed by atoms with E-state index in [1.54, 1.807) is 35.3 Å². The Hall–Kier alpha value is -5.74. The van der Waals surface area contributed by atoms with Crippen molar-refractivity contribution in [3.8, 4) is 11.5 Å². The highest BCUT2D eigenvalue weighted by Crippen LogP contribution is 2.36. The largest absolute Gasteiger partial charge is 0.457 e. The number of benzene rings is 2. The fraction of sp³-hybridized carbons (Fsp3) is 0.455. The summed E-state index contributed by atoms with van der Waals surface area (Å²) < 4.78 is 43.0. The van der Waals surface area contributed by atoms with E-state index in [9.17, 15) is 23.2 Å². The van der Waals surface area contributed by atoms with E-state index in [0.717, 1.165) is 70.9 Å². The fourth-order valence-electron chi connectivity index (χ4n) is 8.54. The van der Waals surface area contributed by atoms with Gasteiger partial charge in [0.1, 0.15) is 22.9 Å². The normalized spacial score (nSPS) is 18.2. The number of imide groups is 1. The van der Waals surface area contributed by atoms with Gasteiger partial charge in [-0.2, -0.15) is 10.2 Å². The van der Waals surface area contributed by atoms with Crippen LogP contribution in [-0.2, 0) is 22.4 Å². The zero-order chi connectivity index (χ0) is 41.6. The standard InChI is InChI=1S/C44H51F2N9O5/c1-52(19-5-3-2-4-7-29-12-16-33(17-13-29)60-36-9-6-8-31-25-38(56)50-44(58)39(31)36)27-30-10-14-32(15-11-30)55-28-35(40(51-55)41(45)46)48-43(57)34-26-47-54-20-18-37(49-42(34)54)53-21-23-59-24-22-53/h6,8-9,12-13,16-18,20,26,28,30,32,41H,2-5,7,10-11,14-15,19,21-25,27H2,1H3,(H,48,57)(H,50,56,58)/t30-,32-. The number of alkyl halides is 2. The molecule has 2 fully saturated rings. The number of morpholine rings is 1. The number of aromatic nitrogens is 5. The lowest BCUT2D eigenvalue weighted by atomic mass is 9.86. The molecule has 3 amide bonds. The number of halogens is 2. The number of hydrogen-bond donors (Lipinski definition) is 2. The molecule has 2 N–H and O–H groups in total. The molecule has 316 valence electrons. The molecule has 16 heteroatoms. The molecule has 1 aliphatic carbocycles. The summed E-state index contributed by atoms with van der Waals surface area (Å²) in [5.41, 5.74) is 2.42. The van der Waals surface area contributed by atoms with Gasteiger partial charge in [0.25, 0.3) is 18.2 Å². The number of unbranched alkanes of at least 4 members (excludes halogenated alkanes) is 3. The maximum absolute atomic E-state index is 14.2. The van der Waals surface area contributed by atoms with Crippen LogP contribution in [0.5, 0.6) is 11.5 Å². The van der Waals surface area contributed by atoms with Crippen LogP contribution in [0.4, 0.5) is 20.3 Å². The van der Waals surface area contributed by atoms with E-state index in [1.807, 2.05) is 18.2 Å². The third-order valence-electron chi connectivity index (χ3n) is 11.8. The van der Waals surface area contributed by atoms with Gasteiger partial charge in [0.15, 0.2) is 11.3 Å². The van der Waals surface area contributed by atoms with E-state index >= 15 is 0 Å². The van der Waals surface area contributed by atoms with Gasteiger partial charge in [-0.15, -0.1) is 0 Å². The van der Waals surface area contributed by atoms with Crippen molar-refractivity contribution in [2.75, 3.05) is 56.7 Å². The first-order valence-corrected chi connectivity index (χ1v) is 21.0. The van der Waals surface area contributed by atoms with Crippen LogP contribution in [0.3, 0.4) is 0 Å². The van der Waals surface area contributed by atoms with Gasteiger partial charge in [0.05, 0.1) is 43.1 Å². The molecular weight excluding hydrogens is 773 g/mol. The Bertz CT molecular complexity index is 2300. The van der Waals surface area contributed by atoms with E-state index in [1.165, 1.54) is 16.3 Å². The van der Waals surface area contributed by atoms with E-state index in [0.29, 0.717) is 66.3 Å². The number of rotatable bonds is 16. The monoisotopic (exact) mass is 823 g/mol. The number of aryl methyl sites for hydroxylation is 1. The van der Waals surface area contributed by atoms with Crippen LogP contribution in [0.25, 0.3) is 5.65 Å². The van der Waals surface area contributed by atoms with Gasteiger partial charge in [0, 0.05) is 32.0 Å². The zero-order valence-corrected chi connectivity index (χ0v) is 33.8. The number of anilines is 2. The number of amides is 3. The lowest BCUT2D eigenvalue weighted by Crippen LogP contribution is -2.37. The smallest absolute Gasteiger partial charge is 0.284 e. The number of hydrogen-bond acceptors (Lipinski definition) is 10. The molecule has 1 saturated carbocycles. The Morgan fingerprint density at radius 1 is 1.02 bits per heavy atom. The van der Waals surface area contributed by atoms with Gasteiger partial charge in [-0.1, -0.05) is 37.1 Å². The van der Waals surface area contributed by atoms with Gasteiger partial charge in [-0.3, -0.25) is 24.4 Å².